The summed E-state index contributed by atoms with van der Waals surface area (Å²) in [5, 5.41) is 0. The van der Waals surface area contributed by atoms with Crippen molar-refractivity contribution in [2.75, 3.05) is 26.4 Å². The average molecular weight is 814 g/mol. The lowest BCUT2D eigenvalue weighted by Gasteiger charge is -2.19. The number of phosphoric ester groups is 1. The van der Waals surface area contributed by atoms with E-state index in [0.717, 1.165) is 32.1 Å². The van der Waals surface area contributed by atoms with Crippen LogP contribution in [-0.4, -0.2) is 43.3 Å². The van der Waals surface area contributed by atoms with Gasteiger partial charge in [-0.05, 0) is 51.0 Å². The largest absolute Gasteiger partial charge is 0.492 e. The van der Waals surface area contributed by atoms with Gasteiger partial charge in [0, 0.05) is 13.0 Å². The van der Waals surface area contributed by atoms with Crippen LogP contribution in [0.4, 0.5) is 0 Å². The summed E-state index contributed by atoms with van der Waals surface area (Å²) in [7, 11) is -4.27. The van der Waals surface area contributed by atoms with Gasteiger partial charge in [-0.2, -0.15) is 0 Å². The van der Waals surface area contributed by atoms with Crippen LogP contribution < -0.4 is 5.73 Å². The number of carbonyl (C=O) groups excluding carboxylic acids is 1. The number of esters is 1. The number of allylic oxidation sites excluding steroid dienone is 3. The van der Waals surface area contributed by atoms with Crippen LogP contribution in [0.5, 0.6) is 0 Å². The Morgan fingerprint density at radius 3 is 1.32 bits per heavy atom. The summed E-state index contributed by atoms with van der Waals surface area (Å²) < 4.78 is 33.3. The summed E-state index contributed by atoms with van der Waals surface area (Å²) in [6, 6.07) is 0. The average Bonchev–Trinajstić information content (AvgIpc) is 3.19. The zero-order chi connectivity index (χ0) is 40.9. The predicted molar refractivity (Wildman–Crippen MR) is 238 cm³/mol. The quantitative estimate of drug-likeness (QED) is 0.0205. The third kappa shape index (κ3) is 43.9. The minimum Gasteiger partial charge on any atom is -0.492 e. The first-order valence-electron chi connectivity index (χ1n) is 23.9. The fourth-order valence-electron chi connectivity index (χ4n) is 6.86. The molecular formula is C47H92NO7P. The smallest absolute Gasteiger partial charge is 0.472 e. The van der Waals surface area contributed by atoms with Crippen LogP contribution in [0.25, 0.3) is 0 Å². The molecule has 0 aliphatic carbocycles. The zero-order valence-electron chi connectivity index (χ0n) is 36.9. The second kappa shape index (κ2) is 44.9. The van der Waals surface area contributed by atoms with Gasteiger partial charge in [0.05, 0.1) is 19.5 Å². The number of hydrogen-bond acceptors (Lipinski definition) is 7. The fraction of sp³-hybridized carbons (Fsp3) is 0.894. The van der Waals surface area contributed by atoms with E-state index in [0.29, 0.717) is 6.42 Å². The lowest BCUT2D eigenvalue weighted by atomic mass is 10.0. The van der Waals surface area contributed by atoms with Gasteiger partial charge in [0.15, 0.2) is 6.10 Å². The molecule has 0 aromatic rings. The van der Waals surface area contributed by atoms with Crippen molar-refractivity contribution in [2.45, 2.75) is 245 Å². The van der Waals surface area contributed by atoms with Crippen molar-refractivity contribution < 1.29 is 32.8 Å². The highest BCUT2D eigenvalue weighted by Gasteiger charge is 2.24. The van der Waals surface area contributed by atoms with Crippen LogP contribution in [0.2, 0.25) is 0 Å². The summed E-state index contributed by atoms with van der Waals surface area (Å²) in [5.74, 6) is -0.287. The number of ether oxygens (including phenoxy) is 2. The number of rotatable bonds is 46. The van der Waals surface area contributed by atoms with Crippen molar-refractivity contribution in [1.29, 1.82) is 0 Å². The predicted octanol–water partition coefficient (Wildman–Crippen LogP) is 14.8. The Morgan fingerprint density at radius 2 is 0.911 bits per heavy atom. The second-order valence-corrected chi connectivity index (χ2v) is 17.5. The molecule has 0 spiro atoms. The molecule has 9 heteroatoms. The van der Waals surface area contributed by atoms with E-state index in [9.17, 15) is 14.3 Å². The van der Waals surface area contributed by atoms with Crippen LogP contribution >= 0.6 is 7.82 Å². The molecular weight excluding hydrogens is 721 g/mol. The first-order valence-corrected chi connectivity index (χ1v) is 25.4. The van der Waals surface area contributed by atoms with Crippen LogP contribution in [0.3, 0.4) is 0 Å². The molecule has 0 rings (SSSR count). The van der Waals surface area contributed by atoms with Crippen LogP contribution in [-0.2, 0) is 27.9 Å². The Morgan fingerprint density at radius 1 is 0.536 bits per heavy atom. The Labute approximate surface area is 346 Å². The molecule has 0 heterocycles. The number of phosphoric acid groups is 1. The van der Waals surface area contributed by atoms with Crippen molar-refractivity contribution in [1.82, 2.24) is 0 Å². The molecule has 332 valence electrons. The van der Waals surface area contributed by atoms with Crippen molar-refractivity contribution in [2.24, 2.45) is 5.73 Å². The topological polar surface area (TPSA) is 117 Å². The summed E-state index contributed by atoms with van der Waals surface area (Å²) in [6.07, 6.45) is 51.6. The molecule has 0 aromatic carbocycles. The Balaban J connectivity index is 3.97. The standard InChI is InChI=1S/C47H92NO7P/c1-3-5-7-9-11-13-15-17-19-21-22-23-24-25-26-28-30-32-34-36-38-40-47(49)53-44-46(45-55-56(50,51)54-43-41-48)52-42-39-37-35-33-31-29-27-20-18-16-14-12-10-8-6-4-2/h17,19,39,42,46H,3-16,18,20-38,40-41,43-45,48H2,1-2H3,(H,50,51)/b19-17-,42-39-/t46-/m1/s1. The Bertz CT molecular complexity index is 915. The molecule has 0 radical (unpaired) electrons. The molecule has 0 saturated heterocycles. The van der Waals surface area contributed by atoms with E-state index in [1.807, 2.05) is 6.08 Å². The van der Waals surface area contributed by atoms with E-state index in [4.69, 9.17) is 24.3 Å². The lowest BCUT2D eigenvalue weighted by molar-refractivity contribution is -0.147. The number of hydrogen-bond donors (Lipinski definition) is 2. The highest BCUT2D eigenvalue weighted by atomic mass is 31.2. The van der Waals surface area contributed by atoms with Gasteiger partial charge in [0.1, 0.15) is 6.61 Å². The summed E-state index contributed by atoms with van der Waals surface area (Å²) in [6.45, 7) is 4.25. The SMILES string of the molecule is CCCCCCCC/C=C\CCCCCCCCCCCCCC(=O)OC[C@H](COP(=O)(O)OCCN)O/C=C\CCCCCCCCCCCCCCCC. The molecule has 0 aromatic heterocycles. The molecule has 56 heavy (non-hydrogen) atoms. The van der Waals surface area contributed by atoms with E-state index >= 15 is 0 Å². The van der Waals surface area contributed by atoms with Crippen molar-refractivity contribution in [3.8, 4) is 0 Å². The molecule has 0 aliphatic rings. The van der Waals surface area contributed by atoms with E-state index < -0.39 is 13.9 Å². The van der Waals surface area contributed by atoms with Gasteiger partial charge in [-0.15, -0.1) is 0 Å². The number of unbranched alkanes of at least 4 members (excludes halogenated alkanes) is 31. The van der Waals surface area contributed by atoms with Gasteiger partial charge in [0.25, 0.3) is 0 Å². The molecule has 0 fully saturated rings. The monoisotopic (exact) mass is 814 g/mol. The first kappa shape index (κ1) is 54.8. The number of carbonyl (C=O) groups is 1. The van der Waals surface area contributed by atoms with E-state index in [1.54, 1.807) is 6.26 Å². The summed E-state index contributed by atoms with van der Waals surface area (Å²) >= 11 is 0. The second-order valence-electron chi connectivity index (χ2n) is 16.0. The highest BCUT2D eigenvalue weighted by Crippen LogP contribution is 2.43. The normalized spacial score (nSPS) is 13.5. The lowest BCUT2D eigenvalue weighted by Crippen LogP contribution is -2.25. The third-order valence-corrected chi connectivity index (χ3v) is 11.4. The van der Waals surface area contributed by atoms with Gasteiger partial charge in [0.2, 0.25) is 0 Å². The van der Waals surface area contributed by atoms with Crippen LogP contribution in [0.15, 0.2) is 24.5 Å². The zero-order valence-corrected chi connectivity index (χ0v) is 37.8. The molecule has 0 amide bonds. The molecule has 8 nitrogen and oxygen atoms in total. The molecule has 3 N–H and O–H groups in total. The molecule has 0 saturated carbocycles. The molecule has 0 aliphatic heterocycles. The summed E-state index contributed by atoms with van der Waals surface area (Å²) in [5.41, 5.74) is 5.38. The maximum absolute atomic E-state index is 12.4. The van der Waals surface area contributed by atoms with Gasteiger partial charge < -0.3 is 20.1 Å². The van der Waals surface area contributed by atoms with E-state index in [2.05, 4.69) is 26.0 Å². The summed E-state index contributed by atoms with van der Waals surface area (Å²) in [4.78, 5) is 22.3. The molecule has 0 bridgehead atoms. The van der Waals surface area contributed by atoms with Crippen molar-refractivity contribution >= 4 is 13.8 Å². The number of nitrogens with two attached hydrogens (primary N) is 1. The van der Waals surface area contributed by atoms with Crippen molar-refractivity contribution in [3.63, 3.8) is 0 Å². The molecule has 2 atom stereocenters. The van der Waals surface area contributed by atoms with Crippen LogP contribution in [0.1, 0.15) is 239 Å². The van der Waals surface area contributed by atoms with E-state index in [1.165, 1.54) is 186 Å². The fourth-order valence-corrected chi connectivity index (χ4v) is 7.62. The maximum atomic E-state index is 12.4. The van der Waals surface area contributed by atoms with Gasteiger partial charge in [-0.1, -0.05) is 199 Å². The van der Waals surface area contributed by atoms with Gasteiger partial charge >= 0.3 is 13.8 Å². The highest BCUT2D eigenvalue weighted by molar-refractivity contribution is 7.47. The van der Waals surface area contributed by atoms with Crippen molar-refractivity contribution in [3.05, 3.63) is 24.5 Å². The minimum atomic E-state index is -4.27. The van der Waals surface area contributed by atoms with Crippen LogP contribution in [0, 0.1) is 0 Å². The first-order chi connectivity index (χ1) is 27.4. The molecule has 1 unspecified atom stereocenters. The van der Waals surface area contributed by atoms with Gasteiger partial charge in [-0.25, -0.2) is 4.57 Å². The minimum absolute atomic E-state index is 0.0606. The van der Waals surface area contributed by atoms with Gasteiger partial charge in [-0.3, -0.25) is 13.8 Å². The third-order valence-electron chi connectivity index (χ3n) is 10.5. The Hall–Kier alpha value is -1.18. The van der Waals surface area contributed by atoms with E-state index in [-0.39, 0.29) is 32.3 Å². The Kier molecular flexibility index (Phi) is 44.0. The maximum Gasteiger partial charge on any atom is 0.472 e.